The van der Waals surface area contributed by atoms with Crippen LogP contribution in [0.3, 0.4) is 0 Å². The van der Waals surface area contributed by atoms with E-state index in [0.29, 0.717) is 18.4 Å². The summed E-state index contributed by atoms with van der Waals surface area (Å²) in [7, 11) is 0. The zero-order valence-corrected chi connectivity index (χ0v) is 11.8. The highest BCUT2D eigenvalue weighted by Crippen LogP contribution is 2.30. The Balaban J connectivity index is 2.00. The summed E-state index contributed by atoms with van der Waals surface area (Å²) in [5, 5.41) is 3.36. The lowest BCUT2D eigenvalue weighted by molar-refractivity contribution is -0.105. The third-order valence-electron chi connectivity index (χ3n) is 3.44. The molecule has 1 aliphatic carbocycles. The summed E-state index contributed by atoms with van der Waals surface area (Å²) in [6, 6.07) is 5.23. The molecule has 1 aliphatic rings. The summed E-state index contributed by atoms with van der Waals surface area (Å²) >= 11 is 0. The monoisotopic (exact) mass is 267 g/mol. The van der Waals surface area contributed by atoms with E-state index in [-0.39, 0.29) is 18.0 Å². The van der Waals surface area contributed by atoms with E-state index in [0.717, 1.165) is 18.5 Å². The molecule has 19 heavy (non-hydrogen) atoms. The fourth-order valence-corrected chi connectivity index (χ4v) is 2.44. The van der Waals surface area contributed by atoms with Crippen molar-refractivity contribution in [2.45, 2.75) is 45.4 Å². The van der Waals surface area contributed by atoms with Crippen molar-refractivity contribution in [3.63, 3.8) is 0 Å². The molecular formula is C15H22FNO2. The maximum absolute atomic E-state index is 13.7. The Morgan fingerprint density at radius 1 is 1.37 bits per heavy atom. The molecule has 0 amide bonds. The van der Waals surface area contributed by atoms with Gasteiger partial charge in [-0.1, -0.05) is 13.0 Å². The van der Waals surface area contributed by atoms with Crippen LogP contribution in [0.1, 0.15) is 25.8 Å². The summed E-state index contributed by atoms with van der Waals surface area (Å²) in [5.41, 5.74) is 0.993. The Morgan fingerprint density at radius 3 is 2.84 bits per heavy atom. The molecule has 0 radical (unpaired) electrons. The van der Waals surface area contributed by atoms with E-state index in [1.54, 1.807) is 12.1 Å². The molecule has 1 aromatic carbocycles. The molecule has 2 rings (SSSR count). The first-order chi connectivity index (χ1) is 9.15. The summed E-state index contributed by atoms with van der Waals surface area (Å²) < 4.78 is 25.1. The summed E-state index contributed by atoms with van der Waals surface area (Å²) in [4.78, 5) is 0. The second-order valence-corrected chi connectivity index (χ2v) is 4.91. The van der Waals surface area contributed by atoms with E-state index >= 15 is 0 Å². The van der Waals surface area contributed by atoms with Crippen molar-refractivity contribution in [1.29, 1.82) is 0 Å². The molecule has 0 aromatic heterocycles. The van der Waals surface area contributed by atoms with E-state index in [4.69, 9.17) is 9.47 Å². The SMILES string of the molecule is CCNC1CC(Oc2cc(C)ccc2F)C1OCC. The van der Waals surface area contributed by atoms with Crippen molar-refractivity contribution in [2.24, 2.45) is 0 Å². The number of hydrogen-bond donors (Lipinski definition) is 1. The van der Waals surface area contributed by atoms with Crippen LogP contribution in [0, 0.1) is 12.7 Å². The van der Waals surface area contributed by atoms with Crippen LogP contribution >= 0.6 is 0 Å². The van der Waals surface area contributed by atoms with Gasteiger partial charge in [-0.15, -0.1) is 0 Å². The van der Waals surface area contributed by atoms with Gasteiger partial charge in [0, 0.05) is 19.1 Å². The number of benzene rings is 1. The van der Waals surface area contributed by atoms with E-state index in [9.17, 15) is 4.39 Å². The Labute approximate surface area is 114 Å². The third kappa shape index (κ3) is 3.25. The fraction of sp³-hybridized carbons (Fsp3) is 0.600. The van der Waals surface area contributed by atoms with Gasteiger partial charge in [0.25, 0.3) is 0 Å². The maximum atomic E-state index is 13.7. The van der Waals surface area contributed by atoms with Gasteiger partial charge in [-0.05, 0) is 38.1 Å². The lowest BCUT2D eigenvalue weighted by Gasteiger charge is -2.44. The number of halogens is 1. The Kier molecular flexibility index (Phi) is 4.77. The Hall–Kier alpha value is -1.13. The predicted octanol–water partition coefficient (Wildman–Crippen LogP) is 2.67. The smallest absolute Gasteiger partial charge is 0.165 e. The average Bonchev–Trinajstić information content (AvgIpc) is 2.38. The van der Waals surface area contributed by atoms with Gasteiger partial charge in [0.15, 0.2) is 11.6 Å². The van der Waals surface area contributed by atoms with Crippen LogP contribution in [0.15, 0.2) is 18.2 Å². The molecule has 106 valence electrons. The van der Waals surface area contributed by atoms with Crippen molar-refractivity contribution in [1.82, 2.24) is 5.32 Å². The minimum Gasteiger partial charge on any atom is -0.485 e. The van der Waals surface area contributed by atoms with Crippen molar-refractivity contribution in [3.05, 3.63) is 29.6 Å². The molecule has 1 fully saturated rings. The topological polar surface area (TPSA) is 30.5 Å². The highest BCUT2D eigenvalue weighted by Gasteiger charge is 2.43. The number of rotatable bonds is 6. The van der Waals surface area contributed by atoms with Gasteiger partial charge in [0.05, 0.1) is 0 Å². The quantitative estimate of drug-likeness (QED) is 0.859. The highest BCUT2D eigenvalue weighted by atomic mass is 19.1. The van der Waals surface area contributed by atoms with Gasteiger partial charge >= 0.3 is 0 Å². The van der Waals surface area contributed by atoms with Gasteiger partial charge in [0.1, 0.15) is 12.2 Å². The first kappa shape index (κ1) is 14.3. The first-order valence-electron chi connectivity index (χ1n) is 6.93. The number of nitrogens with one attached hydrogen (secondary N) is 1. The number of aryl methyl sites for hydroxylation is 1. The molecule has 0 heterocycles. The summed E-state index contributed by atoms with van der Waals surface area (Å²) in [6.45, 7) is 7.50. The zero-order chi connectivity index (χ0) is 13.8. The molecule has 1 N–H and O–H groups in total. The molecular weight excluding hydrogens is 245 g/mol. The zero-order valence-electron chi connectivity index (χ0n) is 11.8. The normalized spacial score (nSPS) is 26.0. The van der Waals surface area contributed by atoms with E-state index in [2.05, 4.69) is 12.2 Å². The second kappa shape index (κ2) is 6.35. The first-order valence-corrected chi connectivity index (χ1v) is 6.93. The van der Waals surface area contributed by atoms with E-state index < -0.39 is 0 Å². The van der Waals surface area contributed by atoms with Crippen LogP contribution in [-0.4, -0.2) is 31.4 Å². The summed E-state index contributed by atoms with van der Waals surface area (Å²) in [6.07, 6.45) is 0.788. The second-order valence-electron chi connectivity index (χ2n) is 4.91. The van der Waals surface area contributed by atoms with Crippen molar-refractivity contribution < 1.29 is 13.9 Å². The van der Waals surface area contributed by atoms with Gasteiger partial charge in [-0.3, -0.25) is 0 Å². The number of likely N-dealkylation sites (N-methyl/N-ethyl adjacent to an activating group) is 1. The van der Waals surface area contributed by atoms with Gasteiger partial charge in [0.2, 0.25) is 0 Å². The third-order valence-corrected chi connectivity index (χ3v) is 3.44. The van der Waals surface area contributed by atoms with E-state index in [1.165, 1.54) is 6.07 Å². The van der Waals surface area contributed by atoms with Crippen LogP contribution in [-0.2, 0) is 4.74 Å². The Bertz CT molecular complexity index is 425. The lowest BCUT2D eigenvalue weighted by atomic mass is 9.85. The van der Waals surface area contributed by atoms with Crippen LogP contribution in [0.5, 0.6) is 5.75 Å². The Morgan fingerprint density at radius 2 is 2.16 bits per heavy atom. The predicted molar refractivity (Wildman–Crippen MR) is 73.0 cm³/mol. The molecule has 3 unspecified atom stereocenters. The van der Waals surface area contributed by atoms with Crippen LogP contribution in [0.4, 0.5) is 4.39 Å². The van der Waals surface area contributed by atoms with Crippen LogP contribution in [0.25, 0.3) is 0 Å². The van der Waals surface area contributed by atoms with Gasteiger partial charge < -0.3 is 14.8 Å². The standard InChI is InChI=1S/C15H22FNO2/c1-4-17-12-9-14(15(12)18-5-2)19-13-8-10(3)6-7-11(13)16/h6-8,12,14-15,17H,4-5,9H2,1-3H3. The molecule has 1 saturated carbocycles. The fourth-order valence-electron chi connectivity index (χ4n) is 2.44. The molecule has 1 aromatic rings. The highest BCUT2D eigenvalue weighted by molar-refractivity contribution is 5.30. The molecule has 0 aliphatic heterocycles. The number of hydrogen-bond acceptors (Lipinski definition) is 3. The molecule has 3 atom stereocenters. The van der Waals surface area contributed by atoms with Gasteiger partial charge in [-0.25, -0.2) is 4.39 Å². The van der Waals surface area contributed by atoms with E-state index in [1.807, 2.05) is 13.8 Å². The number of ether oxygens (including phenoxy) is 2. The van der Waals surface area contributed by atoms with Gasteiger partial charge in [-0.2, -0.15) is 0 Å². The largest absolute Gasteiger partial charge is 0.485 e. The molecule has 0 saturated heterocycles. The maximum Gasteiger partial charge on any atom is 0.165 e. The average molecular weight is 267 g/mol. The minimum atomic E-state index is -0.312. The minimum absolute atomic E-state index is 0.00450. The van der Waals surface area contributed by atoms with Crippen molar-refractivity contribution >= 4 is 0 Å². The van der Waals surface area contributed by atoms with Crippen molar-refractivity contribution in [3.8, 4) is 5.75 Å². The van der Waals surface area contributed by atoms with Crippen molar-refractivity contribution in [2.75, 3.05) is 13.2 Å². The lowest BCUT2D eigenvalue weighted by Crippen LogP contribution is -2.61. The molecule has 0 bridgehead atoms. The molecule has 4 heteroatoms. The molecule has 3 nitrogen and oxygen atoms in total. The molecule has 0 spiro atoms. The summed E-state index contributed by atoms with van der Waals surface area (Å²) in [5.74, 6) is 0.0115. The van der Waals surface area contributed by atoms with Crippen LogP contribution in [0.2, 0.25) is 0 Å². The van der Waals surface area contributed by atoms with Crippen LogP contribution < -0.4 is 10.1 Å².